The van der Waals surface area contributed by atoms with Crippen LogP contribution >= 0.6 is 11.8 Å². The number of benzene rings is 1. The second-order valence-electron chi connectivity index (χ2n) is 6.43. The van der Waals surface area contributed by atoms with Gasteiger partial charge >= 0.3 is 0 Å². The number of thioether (sulfide) groups is 1. The second kappa shape index (κ2) is 8.50. The molecule has 1 aliphatic heterocycles. The summed E-state index contributed by atoms with van der Waals surface area (Å²) in [5.41, 5.74) is 5.21. The van der Waals surface area contributed by atoms with Crippen molar-refractivity contribution in [3.63, 3.8) is 0 Å². The topological polar surface area (TPSA) is 74.4 Å². The Morgan fingerprint density at radius 2 is 1.89 bits per heavy atom. The van der Waals surface area contributed by atoms with Crippen LogP contribution in [0.25, 0.3) is 0 Å². The molecule has 1 saturated heterocycles. The monoisotopic (exact) mass is 412 g/mol. The average Bonchev–Trinajstić information content (AvgIpc) is 3.10. The predicted molar refractivity (Wildman–Crippen MR) is 98.3 cm³/mol. The molecule has 9 heteroatoms. The summed E-state index contributed by atoms with van der Waals surface area (Å²) >= 11 is 1.20. The van der Waals surface area contributed by atoms with Gasteiger partial charge < -0.3 is 15.2 Å². The van der Waals surface area contributed by atoms with Crippen molar-refractivity contribution in [1.29, 1.82) is 0 Å². The van der Waals surface area contributed by atoms with Gasteiger partial charge in [0.1, 0.15) is 11.5 Å². The molecule has 0 saturated carbocycles. The number of nitrogens with two attached hydrogens (primary N) is 1. The molecule has 2 N–H and O–H groups in total. The molecule has 1 amide bonds. The van der Waals surface area contributed by atoms with Gasteiger partial charge in [0.15, 0.2) is 17.4 Å². The summed E-state index contributed by atoms with van der Waals surface area (Å²) in [6.07, 6.45) is 1.78. The molecule has 1 aliphatic rings. The van der Waals surface area contributed by atoms with Crippen LogP contribution in [0.1, 0.15) is 40.2 Å². The number of hydrogen-bond donors (Lipinski definition) is 1. The van der Waals surface area contributed by atoms with Crippen molar-refractivity contribution in [2.75, 3.05) is 19.0 Å². The van der Waals surface area contributed by atoms with Crippen LogP contribution in [0.15, 0.2) is 30.5 Å². The number of primary amides is 1. The normalized spacial score (nSPS) is 16.9. The maximum atomic E-state index is 14.4. The van der Waals surface area contributed by atoms with Crippen LogP contribution in [0, 0.1) is 17.5 Å². The fourth-order valence-corrected chi connectivity index (χ4v) is 4.34. The van der Waals surface area contributed by atoms with E-state index in [1.54, 1.807) is 6.92 Å². The van der Waals surface area contributed by atoms with Gasteiger partial charge in [-0.15, -0.1) is 11.8 Å². The maximum Gasteiger partial charge on any atom is 0.267 e. The summed E-state index contributed by atoms with van der Waals surface area (Å²) in [5, 5.41) is -0.880. The van der Waals surface area contributed by atoms with E-state index in [-0.39, 0.29) is 5.69 Å². The number of rotatable bonds is 7. The Morgan fingerprint density at radius 3 is 2.50 bits per heavy atom. The molecule has 1 aromatic carbocycles. The summed E-state index contributed by atoms with van der Waals surface area (Å²) in [4.78, 5) is 15.1. The van der Waals surface area contributed by atoms with Crippen molar-refractivity contribution in [2.24, 2.45) is 5.73 Å². The van der Waals surface area contributed by atoms with Crippen molar-refractivity contribution in [2.45, 2.75) is 24.4 Å². The van der Waals surface area contributed by atoms with E-state index >= 15 is 0 Å². The lowest BCUT2D eigenvalue weighted by atomic mass is 10.0. The molecule has 2 aromatic rings. The predicted octanol–water partition coefficient (Wildman–Crippen LogP) is 3.57. The highest BCUT2D eigenvalue weighted by molar-refractivity contribution is 7.99. The van der Waals surface area contributed by atoms with Crippen molar-refractivity contribution in [1.82, 2.24) is 4.98 Å². The molecule has 1 atom stereocenters. The third-order valence-electron chi connectivity index (χ3n) is 4.42. The van der Waals surface area contributed by atoms with Crippen LogP contribution in [0.4, 0.5) is 13.2 Å². The highest BCUT2D eigenvalue weighted by Crippen LogP contribution is 2.40. The number of carbonyl (C=O) groups excluding carboxylic acids is 1. The van der Waals surface area contributed by atoms with Crippen LogP contribution in [0.5, 0.6) is 0 Å². The largest absolute Gasteiger partial charge is 0.364 e. The molecule has 0 spiro atoms. The fourth-order valence-electron chi connectivity index (χ4n) is 2.90. The van der Waals surface area contributed by atoms with Crippen LogP contribution < -0.4 is 5.73 Å². The van der Waals surface area contributed by atoms with Gasteiger partial charge in [-0.2, -0.15) is 0 Å². The Balaban J connectivity index is 1.90. The van der Waals surface area contributed by atoms with Crippen molar-refractivity contribution >= 4 is 17.7 Å². The summed E-state index contributed by atoms with van der Waals surface area (Å²) in [5.74, 6) is -4.31. The Labute approximate surface area is 164 Å². The number of nitrogens with zero attached hydrogens (tertiary/aromatic N) is 1. The summed E-state index contributed by atoms with van der Waals surface area (Å²) < 4.78 is 53.7. The number of pyridine rings is 1. The summed E-state index contributed by atoms with van der Waals surface area (Å²) in [6, 6.07) is 4.49. The quantitative estimate of drug-likeness (QED) is 0.704. The lowest BCUT2D eigenvalue weighted by Crippen LogP contribution is -2.26. The number of halogens is 3. The van der Waals surface area contributed by atoms with Gasteiger partial charge in [-0.25, -0.2) is 13.2 Å². The highest BCUT2D eigenvalue weighted by atomic mass is 32.2. The average molecular weight is 412 g/mol. The molecule has 28 heavy (non-hydrogen) atoms. The standard InChI is InChI=1S/C19H19F3N2O3S/c1-19(26-7-8-27-19)6-9-28-17(11-2-5-14(18(23)25)24-10-11)15-12(20)3-4-13(21)16(15)22/h2-5,10,17H,6-9H2,1H3,(H2,23,25). The molecule has 0 radical (unpaired) electrons. The van der Waals surface area contributed by atoms with Gasteiger partial charge in [-0.1, -0.05) is 6.07 Å². The first-order chi connectivity index (χ1) is 13.3. The van der Waals surface area contributed by atoms with Gasteiger partial charge in [0.05, 0.1) is 18.5 Å². The summed E-state index contributed by atoms with van der Waals surface area (Å²) in [7, 11) is 0. The first-order valence-electron chi connectivity index (χ1n) is 8.59. The third-order valence-corrected chi connectivity index (χ3v) is 5.70. The summed E-state index contributed by atoms with van der Waals surface area (Å²) in [6.45, 7) is 2.76. The van der Waals surface area contributed by atoms with Gasteiger partial charge in [0, 0.05) is 18.2 Å². The van der Waals surface area contributed by atoms with E-state index < -0.39 is 40.0 Å². The van der Waals surface area contributed by atoms with Gasteiger partial charge in [-0.05, 0) is 36.4 Å². The Kier molecular flexibility index (Phi) is 6.26. The zero-order valence-electron chi connectivity index (χ0n) is 15.1. The number of amides is 1. The number of hydrogen-bond acceptors (Lipinski definition) is 5. The SMILES string of the molecule is CC1(CCSC(c2ccc(C(N)=O)nc2)c2c(F)ccc(F)c2F)OCCO1. The second-order valence-corrected chi connectivity index (χ2v) is 7.64. The smallest absolute Gasteiger partial charge is 0.267 e. The molecule has 2 heterocycles. The van der Waals surface area contributed by atoms with E-state index in [2.05, 4.69) is 4.98 Å². The molecular formula is C19H19F3N2O3S. The van der Waals surface area contributed by atoms with E-state index in [9.17, 15) is 18.0 Å². The van der Waals surface area contributed by atoms with Gasteiger partial charge in [0.25, 0.3) is 5.91 Å². The zero-order valence-corrected chi connectivity index (χ0v) is 15.9. The maximum absolute atomic E-state index is 14.4. The molecule has 0 bridgehead atoms. The lowest BCUT2D eigenvalue weighted by molar-refractivity contribution is -0.142. The van der Waals surface area contributed by atoms with Crippen LogP contribution in [-0.2, 0) is 9.47 Å². The van der Waals surface area contributed by atoms with E-state index in [0.29, 0.717) is 31.0 Å². The first-order valence-corrected chi connectivity index (χ1v) is 9.64. The van der Waals surface area contributed by atoms with Crippen molar-refractivity contribution in [3.8, 4) is 0 Å². The third kappa shape index (κ3) is 4.48. The van der Waals surface area contributed by atoms with E-state index in [1.807, 2.05) is 0 Å². The Morgan fingerprint density at radius 1 is 1.21 bits per heavy atom. The van der Waals surface area contributed by atoms with Crippen molar-refractivity contribution < 1.29 is 27.4 Å². The molecule has 0 aliphatic carbocycles. The lowest BCUT2D eigenvalue weighted by Gasteiger charge is -2.24. The minimum Gasteiger partial charge on any atom is -0.364 e. The number of carbonyl (C=O) groups is 1. The van der Waals surface area contributed by atoms with Crippen molar-refractivity contribution in [3.05, 3.63) is 64.7 Å². The van der Waals surface area contributed by atoms with E-state index in [0.717, 1.165) is 12.1 Å². The zero-order chi connectivity index (χ0) is 20.3. The fraction of sp³-hybridized carbons (Fsp3) is 0.368. The molecule has 1 fully saturated rings. The van der Waals surface area contributed by atoms with Gasteiger partial charge in [-0.3, -0.25) is 9.78 Å². The Hall–Kier alpha value is -2.10. The van der Waals surface area contributed by atoms with E-state index in [4.69, 9.17) is 15.2 Å². The van der Waals surface area contributed by atoms with Crippen LogP contribution in [0.2, 0.25) is 0 Å². The van der Waals surface area contributed by atoms with E-state index in [1.165, 1.54) is 30.1 Å². The van der Waals surface area contributed by atoms with Gasteiger partial charge in [0.2, 0.25) is 0 Å². The van der Waals surface area contributed by atoms with Crippen LogP contribution in [0.3, 0.4) is 0 Å². The van der Waals surface area contributed by atoms with Crippen LogP contribution in [-0.4, -0.2) is 35.6 Å². The number of ether oxygens (including phenoxy) is 2. The first kappa shape index (κ1) is 20.6. The molecule has 1 aromatic heterocycles. The molecular weight excluding hydrogens is 393 g/mol. The highest BCUT2D eigenvalue weighted by Gasteiger charge is 2.32. The molecule has 3 rings (SSSR count). The molecule has 150 valence electrons. The minimum absolute atomic E-state index is 0.0213. The molecule has 1 unspecified atom stereocenters. The minimum atomic E-state index is -1.25. The number of aromatic nitrogens is 1. The Bertz CT molecular complexity index is 858. The molecule has 5 nitrogen and oxygen atoms in total.